The second-order valence-corrected chi connectivity index (χ2v) is 16.0. The number of esters is 3. The number of rotatable bonds is 43. The van der Waals surface area contributed by atoms with Crippen LogP contribution in [0.3, 0.4) is 0 Å². The van der Waals surface area contributed by atoms with Gasteiger partial charge in [0.05, 0.1) is 0 Å². The van der Waals surface area contributed by atoms with E-state index >= 15 is 0 Å². The summed E-state index contributed by atoms with van der Waals surface area (Å²) in [7, 11) is 0. The van der Waals surface area contributed by atoms with Gasteiger partial charge in [-0.15, -0.1) is 0 Å². The summed E-state index contributed by atoms with van der Waals surface area (Å²) >= 11 is 0. The van der Waals surface area contributed by atoms with E-state index in [1.54, 1.807) is 0 Å². The van der Waals surface area contributed by atoms with Crippen LogP contribution in [0.25, 0.3) is 0 Å². The Morgan fingerprint density at radius 3 is 1.07 bits per heavy atom. The Labute approximate surface area is 352 Å². The van der Waals surface area contributed by atoms with Gasteiger partial charge < -0.3 is 14.2 Å². The summed E-state index contributed by atoms with van der Waals surface area (Å²) in [6.07, 6.45) is 54.0. The SMILES string of the molecule is CC/C=C\C/C=C\C/C=C\C/C=C\CCCCCCCCC(=O)OCC(COC(=O)CCCCCCCC)OC(=O)CCCCCCCCCCCCCCCC. The van der Waals surface area contributed by atoms with Gasteiger partial charge in [0.1, 0.15) is 13.2 Å². The molecule has 0 saturated carbocycles. The molecule has 0 N–H and O–H groups in total. The topological polar surface area (TPSA) is 78.9 Å². The van der Waals surface area contributed by atoms with Gasteiger partial charge in [-0.3, -0.25) is 14.4 Å². The minimum Gasteiger partial charge on any atom is -0.462 e. The van der Waals surface area contributed by atoms with Crippen LogP contribution in [0.15, 0.2) is 48.6 Å². The van der Waals surface area contributed by atoms with Crippen LogP contribution in [0, 0.1) is 0 Å². The molecule has 0 fully saturated rings. The molecule has 0 aromatic rings. The van der Waals surface area contributed by atoms with Crippen molar-refractivity contribution in [3.05, 3.63) is 48.6 Å². The second-order valence-electron chi connectivity index (χ2n) is 16.0. The number of carbonyl (C=O) groups is 3. The van der Waals surface area contributed by atoms with Gasteiger partial charge >= 0.3 is 17.9 Å². The van der Waals surface area contributed by atoms with Crippen molar-refractivity contribution in [2.75, 3.05) is 13.2 Å². The molecule has 0 rings (SSSR count). The number of hydrogen-bond donors (Lipinski definition) is 0. The molecular weight excluding hydrogens is 709 g/mol. The molecule has 0 aliphatic carbocycles. The van der Waals surface area contributed by atoms with E-state index in [4.69, 9.17) is 14.2 Å². The minimum atomic E-state index is -0.771. The maximum absolute atomic E-state index is 12.7. The van der Waals surface area contributed by atoms with Gasteiger partial charge in [-0.2, -0.15) is 0 Å². The highest BCUT2D eigenvalue weighted by Gasteiger charge is 2.19. The van der Waals surface area contributed by atoms with Crippen LogP contribution < -0.4 is 0 Å². The van der Waals surface area contributed by atoms with Crippen molar-refractivity contribution < 1.29 is 28.6 Å². The third-order valence-corrected chi connectivity index (χ3v) is 10.3. The molecule has 0 radical (unpaired) electrons. The Hall–Kier alpha value is -2.63. The predicted molar refractivity (Wildman–Crippen MR) is 242 cm³/mol. The second kappa shape index (κ2) is 46.1. The molecule has 0 aliphatic rings. The number of hydrogen-bond acceptors (Lipinski definition) is 6. The summed E-state index contributed by atoms with van der Waals surface area (Å²) in [5.41, 5.74) is 0. The van der Waals surface area contributed by atoms with Gasteiger partial charge in [-0.25, -0.2) is 0 Å². The van der Waals surface area contributed by atoms with E-state index in [0.717, 1.165) is 89.9 Å². The molecule has 1 atom stereocenters. The molecule has 57 heavy (non-hydrogen) atoms. The zero-order valence-electron chi connectivity index (χ0n) is 37.6. The van der Waals surface area contributed by atoms with Crippen LogP contribution in [0.2, 0.25) is 0 Å². The first kappa shape index (κ1) is 54.4. The summed E-state index contributed by atoms with van der Waals surface area (Å²) in [5.74, 6) is -0.895. The largest absolute Gasteiger partial charge is 0.462 e. The first-order valence-corrected chi connectivity index (χ1v) is 24.1. The Morgan fingerprint density at radius 2 is 0.684 bits per heavy atom. The highest BCUT2D eigenvalue weighted by Crippen LogP contribution is 2.15. The van der Waals surface area contributed by atoms with Crippen LogP contribution in [0.4, 0.5) is 0 Å². The van der Waals surface area contributed by atoms with Gasteiger partial charge in [-0.1, -0.05) is 211 Å². The van der Waals surface area contributed by atoms with Crippen molar-refractivity contribution in [3.63, 3.8) is 0 Å². The summed E-state index contributed by atoms with van der Waals surface area (Å²) in [6.45, 7) is 6.46. The lowest BCUT2D eigenvalue weighted by Gasteiger charge is -2.18. The lowest BCUT2D eigenvalue weighted by molar-refractivity contribution is -0.167. The van der Waals surface area contributed by atoms with Crippen LogP contribution in [0.1, 0.15) is 239 Å². The maximum Gasteiger partial charge on any atom is 0.306 e. The van der Waals surface area contributed by atoms with Crippen molar-refractivity contribution >= 4 is 17.9 Å². The van der Waals surface area contributed by atoms with Crippen LogP contribution in [0.5, 0.6) is 0 Å². The molecule has 0 saturated heterocycles. The van der Waals surface area contributed by atoms with Crippen LogP contribution >= 0.6 is 0 Å². The molecule has 0 aromatic heterocycles. The fourth-order valence-corrected chi connectivity index (χ4v) is 6.73. The third kappa shape index (κ3) is 44.3. The van der Waals surface area contributed by atoms with E-state index < -0.39 is 6.10 Å². The zero-order chi connectivity index (χ0) is 41.5. The third-order valence-electron chi connectivity index (χ3n) is 10.3. The van der Waals surface area contributed by atoms with E-state index in [-0.39, 0.29) is 31.1 Å². The highest BCUT2D eigenvalue weighted by molar-refractivity contribution is 5.71. The van der Waals surface area contributed by atoms with Gasteiger partial charge in [0, 0.05) is 19.3 Å². The van der Waals surface area contributed by atoms with Crippen molar-refractivity contribution in [1.82, 2.24) is 0 Å². The molecule has 6 nitrogen and oxygen atoms in total. The molecule has 0 bridgehead atoms. The van der Waals surface area contributed by atoms with Gasteiger partial charge in [0.2, 0.25) is 0 Å². The van der Waals surface area contributed by atoms with E-state index in [1.165, 1.54) is 109 Å². The Morgan fingerprint density at radius 1 is 0.368 bits per heavy atom. The first-order valence-electron chi connectivity index (χ1n) is 24.1. The van der Waals surface area contributed by atoms with Crippen molar-refractivity contribution in [3.8, 4) is 0 Å². The van der Waals surface area contributed by atoms with E-state index in [0.29, 0.717) is 19.3 Å². The van der Waals surface area contributed by atoms with Crippen molar-refractivity contribution in [2.24, 2.45) is 0 Å². The number of ether oxygens (including phenoxy) is 3. The average molecular weight is 799 g/mol. The molecule has 0 aliphatic heterocycles. The smallest absolute Gasteiger partial charge is 0.306 e. The first-order chi connectivity index (χ1) is 28.0. The Bertz CT molecular complexity index is 1010. The zero-order valence-corrected chi connectivity index (χ0v) is 37.6. The fraction of sp³-hybridized carbons (Fsp3) is 0.784. The quantitative estimate of drug-likeness (QED) is 0.0265. The molecule has 0 heterocycles. The summed E-state index contributed by atoms with van der Waals surface area (Å²) < 4.78 is 16.7. The number of allylic oxidation sites excluding steroid dienone is 8. The highest BCUT2D eigenvalue weighted by atomic mass is 16.6. The number of carbonyl (C=O) groups excluding carboxylic acids is 3. The lowest BCUT2D eigenvalue weighted by Crippen LogP contribution is -2.30. The monoisotopic (exact) mass is 799 g/mol. The Balaban J connectivity index is 4.24. The average Bonchev–Trinajstić information content (AvgIpc) is 3.21. The molecule has 330 valence electrons. The van der Waals surface area contributed by atoms with Crippen LogP contribution in [-0.2, 0) is 28.6 Å². The van der Waals surface area contributed by atoms with E-state index in [1.807, 2.05) is 0 Å². The lowest BCUT2D eigenvalue weighted by atomic mass is 10.0. The molecule has 6 heteroatoms. The maximum atomic E-state index is 12.7. The predicted octanol–water partition coefficient (Wildman–Crippen LogP) is 15.5. The number of unbranched alkanes of at least 4 members (excludes halogenated alkanes) is 24. The van der Waals surface area contributed by atoms with Crippen molar-refractivity contribution in [1.29, 1.82) is 0 Å². The Kier molecular flexibility index (Phi) is 43.9. The van der Waals surface area contributed by atoms with Crippen molar-refractivity contribution in [2.45, 2.75) is 245 Å². The van der Waals surface area contributed by atoms with Gasteiger partial charge in [-0.05, 0) is 57.8 Å². The standard InChI is InChI=1S/C51H90O6/c1-4-7-10-13-16-18-20-22-24-25-26-27-28-30-31-33-35-38-41-44-50(53)56-47-48(46-55-49(52)43-40-37-15-12-9-6-3)57-51(54)45-42-39-36-34-32-29-23-21-19-17-14-11-8-5-2/h7,10,16,18,22,24,26-27,48H,4-6,8-9,11-15,17,19-21,23,25,28-47H2,1-3H3/b10-7-,18-16-,24-22-,27-26-. The minimum absolute atomic E-state index is 0.0761. The summed E-state index contributed by atoms with van der Waals surface area (Å²) in [5, 5.41) is 0. The molecule has 0 aromatic carbocycles. The van der Waals surface area contributed by atoms with Crippen LogP contribution in [-0.4, -0.2) is 37.2 Å². The van der Waals surface area contributed by atoms with Gasteiger partial charge in [0.15, 0.2) is 6.10 Å². The molecule has 1 unspecified atom stereocenters. The van der Waals surface area contributed by atoms with E-state index in [9.17, 15) is 14.4 Å². The van der Waals surface area contributed by atoms with Gasteiger partial charge in [0.25, 0.3) is 0 Å². The summed E-state index contributed by atoms with van der Waals surface area (Å²) in [6, 6.07) is 0. The van der Waals surface area contributed by atoms with E-state index in [2.05, 4.69) is 69.4 Å². The fourth-order valence-electron chi connectivity index (χ4n) is 6.73. The molecule has 0 spiro atoms. The normalized spacial score (nSPS) is 12.4. The summed E-state index contributed by atoms with van der Waals surface area (Å²) in [4.78, 5) is 37.6. The molecule has 0 amide bonds. The molecular formula is C51H90O6.